The normalized spacial score (nSPS) is 10.8. The molecule has 0 saturated carbocycles. The molecule has 16 heavy (non-hydrogen) atoms. The highest BCUT2D eigenvalue weighted by Crippen LogP contribution is 2.17. The summed E-state index contributed by atoms with van der Waals surface area (Å²) in [6.45, 7) is 8.52. The van der Waals surface area contributed by atoms with E-state index in [-0.39, 0.29) is 0 Å². The smallest absolute Gasteiger partial charge is 0.120 e. The molecule has 1 aromatic carbocycles. The molecule has 0 atom stereocenters. The lowest BCUT2D eigenvalue weighted by Crippen LogP contribution is -2.25. The first kappa shape index (κ1) is 13.5. The highest BCUT2D eigenvalue weighted by atomic mass is 79.9. The van der Waals surface area contributed by atoms with E-state index in [2.05, 4.69) is 34.7 Å². The Balaban J connectivity index is 2.20. The number of hydrogen-bond donors (Lipinski definition) is 0. The molecule has 1 rings (SSSR count). The minimum atomic E-state index is 0.785. The number of nitrogens with zero attached hydrogens (tertiary/aromatic N) is 1. The summed E-state index contributed by atoms with van der Waals surface area (Å²) < 4.78 is 6.73. The molecule has 1 aromatic rings. The summed E-state index contributed by atoms with van der Waals surface area (Å²) in [5, 5.41) is 0. The van der Waals surface area contributed by atoms with Gasteiger partial charge < -0.3 is 9.64 Å². The van der Waals surface area contributed by atoms with Gasteiger partial charge in [0.05, 0.1) is 6.61 Å². The maximum Gasteiger partial charge on any atom is 0.120 e. The molecule has 0 amide bonds. The molecule has 0 aliphatic carbocycles. The van der Waals surface area contributed by atoms with Crippen molar-refractivity contribution in [1.29, 1.82) is 0 Å². The quantitative estimate of drug-likeness (QED) is 0.711. The molecule has 0 radical (unpaired) electrons. The van der Waals surface area contributed by atoms with Gasteiger partial charge in [-0.25, -0.2) is 0 Å². The SMILES string of the molecule is CCN(CC)CCCOc1cccc(Br)c1. The highest BCUT2D eigenvalue weighted by Gasteiger charge is 1.99. The second-order valence-corrected chi connectivity index (χ2v) is 4.60. The van der Waals surface area contributed by atoms with E-state index in [1.54, 1.807) is 0 Å². The second kappa shape index (κ2) is 7.69. The van der Waals surface area contributed by atoms with Crippen LogP contribution < -0.4 is 4.74 Å². The van der Waals surface area contributed by atoms with Crippen molar-refractivity contribution in [3.63, 3.8) is 0 Å². The monoisotopic (exact) mass is 285 g/mol. The minimum Gasteiger partial charge on any atom is -0.494 e. The van der Waals surface area contributed by atoms with Crippen LogP contribution in [0.5, 0.6) is 5.75 Å². The molecule has 0 unspecified atom stereocenters. The van der Waals surface area contributed by atoms with Crippen molar-refractivity contribution in [2.75, 3.05) is 26.2 Å². The van der Waals surface area contributed by atoms with Crippen LogP contribution in [0.15, 0.2) is 28.7 Å². The van der Waals surface area contributed by atoms with Gasteiger partial charge in [0.2, 0.25) is 0 Å². The topological polar surface area (TPSA) is 12.5 Å². The van der Waals surface area contributed by atoms with Crippen molar-refractivity contribution in [1.82, 2.24) is 4.90 Å². The third-order valence-electron chi connectivity index (χ3n) is 2.58. The first-order valence-electron chi connectivity index (χ1n) is 5.87. The maximum absolute atomic E-state index is 5.67. The number of rotatable bonds is 7. The molecular weight excluding hydrogens is 266 g/mol. The minimum absolute atomic E-state index is 0.785. The molecule has 0 fully saturated rings. The molecule has 90 valence electrons. The molecule has 0 N–H and O–H groups in total. The third-order valence-corrected chi connectivity index (χ3v) is 3.07. The fourth-order valence-corrected chi connectivity index (χ4v) is 1.95. The van der Waals surface area contributed by atoms with Gasteiger partial charge >= 0.3 is 0 Å². The summed E-state index contributed by atoms with van der Waals surface area (Å²) in [7, 11) is 0. The van der Waals surface area contributed by atoms with Crippen LogP contribution >= 0.6 is 15.9 Å². The number of ether oxygens (including phenoxy) is 1. The molecule has 0 bridgehead atoms. The third kappa shape index (κ3) is 4.99. The van der Waals surface area contributed by atoms with Crippen LogP contribution in [0.25, 0.3) is 0 Å². The predicted octanol–water partition coefficient (Wildman–Crippen LogP) is 3.56. The molecule has 0 aliphatic rings. The predicted molar refractivity (Wildman–Crippen MR) is 72.0 cm³/mol. The van der Waals surface area contributed by atoms with Crippen molar-refractivity contribution in [2.45, 2.75) is 20.3 Å². The number of hydrogen-bond acceptors (Lipinski definition) is 2. The van der Waals surface area contributed by atoms with Crippen LogP contribution in [0.3, 0.4) is 0 Å². The molecule has 0 aromatic heterocycles. The van der Waals surface area contributed by atoms with Crippen molar-refractivity contribution in [3.8, 4) is 5.75 Å². The number of halogens is 1. The lowest BCUT2D eigenvalue weighted by molar-refractivity contribution is 0.249. The Bertz CT molecular complexity index is 300. The zero-order valence-corrected chi connectivity index (χ0v) is 11.7. The van der Waals surface area contributed by atoms with Crippen LogP contribution in [0.4, 0.5) is 0 Å². The van der Waals surface area contributed by atoms with Crippen LogP contribution in [-0.4, -0.2) is 31.1 Å². The van der Waals surface area contributed by atoms with Crippen LogP contribution in [0.2, 0.25) is 0 Å². The zero-order chi connectivity index (χ0) is 11.8. The Labute approximate surface area is 107 Å². The zero-order valence-electron chi connectivity index (χ0n) is 10.1. The van der Waals surface area contributed by atoms with Crippen LogP contribution in [-0.2, 0) is 0 Å². The molecule has 0 spiro atoms. The fourth-order valence-electron chi connectivity index (χ4n) is 1.57. The van der Waals surface area contributed by atoms with E-state index in [1.807, 2.05) is 24.3 Å². The number of benzene rings is 1. The van der Waals surface area contributed by atoms with Gasteiger partial charge in [-0.05, 0) is 37.7 Å². The second-order valence-electron chi connectivity index (χ2n) is 3.69. The van der Waals surface area contributed by atoms with E-state index in [1.165, 1.54) is 0 Å². The molecule has 0 heterocycles. The van der Waals surface area contributed by atoms with E-state index >= 15 is 0 Å². The Morgan fingerprint density at radius 1 is 1.25 bits per heavy atom. The van der Waals surface area contributed by atoms with E-state index in [0.717, 1.165) is 42.9 Å². The van der Waals surface area contributed by atoms with Gasteiger partial charge in [0.15, 0.2) is 0 Å². The Morgan fingerprint density at radius 2 is 2.00 bits per heavy atom. The van der Waals surface area contributed by atoms with Gasteiger partial charge in [-0.15, -0.1) is 0 Å². The molecule has 3 heteroatoms. The van der Waals surface area contributed by atoms with E-state index in [0.29, 0.717) is 0 Å². The first-order valence-corrected chi connectivity index (χ1v) is 6.66. The van der Waals surface area contributed by atoms with Crippen LogP contribution in [0.1, 0.15) is 20.3 Å². The standard InChI is InChI=1S/C13H20BrNO/c1-3-15(4-2)9-6-10-16-13-8-5-7-12(14)11-13/h5,7-8,11H,3-4,6,9-10H2,1-2H3. The van der Waals surface area contributed by atoms with Gasteiger partial charge in [0.1, 0.15) is 5.75 Å². The van der Waals surface area contributed by atoms with Crippen molar-refractivity contribution >= 4 is 15.9 Å². The van der Waals surface area contributed by atoms with Gasteiger partial charge in [0, 0.05) is 11.0 Å². The van der Waals surface area contributed by atoms with Gasteiger partial charge in [-0.3, -0.25) is 0 Å². The van der Waals surface area contributed by atoms with E-state index in [9.17, 15) is 0 Å². The summed E-state index contributed by atoms with van der Waals surface area (Å²) in [5.41, 5.74) is 0. The largest absolute Gasteiger partial charge is 0.494 e. The van der Waals surface area contributed by atoms with E-state index < -0.39 is 0 Å². The summed E-state index contributed by atoms with van der Waals surface area (Å²) in [6.07, 6.45) is 1.08. The van der Waals surface area contributed by atoms with E-state index in [4.69, 9.17) is 4.74 Å². The van der Waals surface area contributed by atoms with Gasteiger partial charge in [0.25, 0.3) is 0 Å². The summed E-state index contributed by atoms with van der Waals surface area (Å²) in [5.74, 6) is 0.939. The molecule has 2 nitrogen and oxygen atoms in total. The lowest BCUT2D eigenvalue weighted by atomic mass is 10.3. The summed E-state index contributed by atoms with van der Waals surface area (Å²) >= 11 is 3.43. The van der Waals surface area contributed by atoms with Gasteiger partial charge in [-0.2, -0.15) is 0 Å². The van der Waals surface area contributed by atoms with Crippen LogP contribution in [0, 0.1) is 0 Å². The molecule has 0 aliphatic heterocycles. The summed E-state index contributed by atoms with van der Waals surface area (Å²) in [6, 6.07) is 7.98. The maximum atomic E-state index is 5.67. The van der Waals surface area contributed by atoms with Crippen molar-refractivity contribution in [3.05, 3.63) is 28.7 Å². The Kier molecular flexibility index (Phi) is 6.50. The van der Waals surface area contributed by atoms with Gasteiger partial charge in [-0.1, -0.05) is 35.8 Å². The Hall–Kier alpha value is -0.540. The first-order chi connectivity index (χ1) is 7.76. The lowest BCUT2D eigenvalue weighted by Gasteiger charge is -2.17. The van der Waals surface area contributed by atoms with Crippen molar-refractivity contribution in [2.24, 2.45) is 0 Å². The average Bonchev–Trinajstić information content (AvgIpc) is 2.29. The molecule has 0 saturated heterocycles. The molecular formula is C13H20BrNO. The average molecular weight is 286 g/mol. The Morgan fingerprint density at radius 3 is 2.62 bits per heavy atom. The summed E-state index contributed by atoms with van der Waals surface area (Å²) in [4.78, 5) is 2.41. The fraction of sp³-hybridized carbons (Fsp3) is 0.538. The highest BCUT2D eigenvalue weighted by molar-refractivity contribution is 9.10. The van der Waals surface area contributed by atoms with Crippen molar-refractivity contribution < 1.29 is 4.74 Å².